The number of carbonyl (C=O) groups is 2. The molecule has 2 aromatic carbocycles. The molecule has 3 rings (SSSR count). The van der Waals surface area contributed by atoms with Gasteiger partial charge in [-0.25, -0.2) is 4.79 Å². The van der Waals surface area contributed by atoms with Gasteiger partial charge >= 0.3 is 6.09 Å². The molecule has 2 N–H and O–H groups in total. The lowest BCUT2D eigenvalue weighted by molar-refractivity contribution is -0.384. The van der Waals surface area contributed by atoms with Crippen molar-refractivity contribution >= 4 is 23.4 Å². The second-order valence-corrected chi connectivity index (χ2v) is 6.67. The third-order valence-electron chi connectivity index (χ3n) is 4.41. The predicted molar refractivity (Wildman–Crippen MR) is 113 cm³/mol. The molecule has 31 heavy (non-hydrogen) atoms. The smallest absolute Gasteiger partial charge is 0.407 e. The summed E-state index contributed by atoms with van der Waals surface area (Å²) in [4.78, 5) is 39.0. The Hall–Kier alpha value is -4.27. The second-order valence-electron chi connectivity index (χ2n) is 6.67. The minimum Gasteiger partial charge on any atom is -0.445 e. The molecule has 0 fully saturated rings. The molecule has 2 amide bonds. The van der Waals surface area contributed by atoms with Crippen molar-refractivity contribution in [1.82, 2.24) is 10.3 Å². The van der Waals surface area contributed by atoms with Gasteiger partial charge < -0.3 is 15.4 Å². The molecule has 1 aromatic heterocycles. The Balaban J connectivity index is 1.54. The molecule has 0 aliphatic heterocycles. The summed E-state index contributed by atoms with van der Waals surface area (Å²) in [5.41, 5.74) is 2.33. The monoisotopic (exact) mass is 420 g/mol. The Bertz CT molecular complexity index is 1080. The van der Waals surface area contributed by atoms with Gasteiger partial charge in [0.1, 0.15) is 12.3 Å². The number of para-hydroxylation sites is 1. The van der Waals surface area contributed by atoms with Crippen LogP contribution in [0.2, 0.25) is 0 Å². The van der Waals surface area contributed by atoms with Gasteiger partial charge in [0.2, 0.25) is 0 Å². The van der Waals surface area contributed by atoms with Crippen LogP contribution >= 0.6 is 0 Å². The van der Waals surface area contributed by atoms with E-state index in [1.54, 1.807) is 67.8 Å². The molecule has 0 radical (unpaired) electrons. The summed E-state index contributed by atoms with van der Waals surface area (Å²) in [6, 6.07) is 14.8. The number of nitro groups is 1. The number of alkyl carbamates (subject to hydrolysis) is 1. The molecule has 1 heterocycles. The first-order valence-corrected chi connectivity index (χ1v) is 9.38. The fourth-order valence-electron chi connectivity index (χ4n) is 2.83. The summed E-state index contributed by atoms with van der Waals surface area (Å²) in [6.07, 6.45) is 2.68. The van der Waals surface area contributed by atoms with E-state index in [0.29, 0.717) is 11.1 Å². The molecule has 0 saturated carbocycles. The Labute approximate surface area is 178 Å². The van der Waals surface area contributed by atoms with Crippen LogP contribution in [0, 0.1) is 17.0 Å². The molecule has 0 unspecified atom stereocenters. The summed E-state index contributed by atoms with van der Waals surface area (Å²) in [5.74, 6) is -0.468. The first-order chi connectivity index (χ1) is 14.9. The van der Waals surface area contributed by atoms with Gasteiger partial charge in [0.25, 0.3) is 11.6 Å². The van der Waals surface area contributed by atoms with Crippen LogP contribution in [0.3, 0.4) is 0 Å². The Morgan fingerprint density at radius 2 is 1.84 bits per heavy atom. The van der Waals surface area contributed by atoms with E-state index in [0.717, 1.165) is 11.1 Å². The van der Waals surface area contributed by atoms with Crippen LogP contribution < -0.4 is 10.6 Å². The number of nitro benzene ring substituents is 1. The molecule has 0 atom stereocenters. The molecule has 0 aliphatic carbocycles. The highest BCUT2D eigenvalue weighted by atomic mass is 16.6. The van der Waals surface area contributed by atoms with Crippen molar-refractivity contribution in [3.8, 4) is 0 Å². The van der Waals surface area contributed by atoms with Gasteiger partial charge in [0.15, 0.2) is 0 Å². The SMILES string of the molecule is Cc1cccc(NC(=O)c2ccc(CNC(=O)OCc3cccnc3)cc2)c1[N+](=O)[O-]. The highest BCUT2D eigenvalue weighted by molar-refractivity contribution is 6.05. The van der Waals surface area contributed by atoms with E-state index in [4.69, 9.17) is 4.74 Å². The number of amides is 2. The highest BCUT2D eigenvalue weighted by Gasteiger charge is 2.19. The summed E-state index contributed by atoms with van der Waals surface area (Å²) in [5, 5.41) is 16.5. The topological polar surface area (TPSA) is 123 Å². The van der Waals surface area contributed by atoms with Crippen molar-refractivity contribution in [2.45, 2.75) is 20.1 Å². The van der Waals surface area contributed by atoms with Crippen LogP contribution in [0.1, 0.15) is 27.0 Å². The number of benzene rings is 2. The van der Waals surface area contributed by atoms with E-state index in [9.17, 15) is 19.7 Å². The average Bonchev–Trinajstić information content (AvgIpc) is 2.77. The van der Waals surface area contributed by atoms with Crippen molar-refractivity contribution in [1.29, 1.82) is 0 Å². The molecule has 0 aliphatic rings. The first-order valence-electron chi connectivity index (χ1n) is 9.38. The van der Waals surface area contributed by atoms with E-state index in [1.165, 1.54) is 6.07 Å². The fraction of sp³-hybridized carbons (Fsp3) is 0.136. The number of pyridine rings is 1. The number of carbonyl (C=O) groups excluding carboxylic acids is 2. The van der Waals surface area contributed by atoms with Crippen LogP contribution in [0.15, 0.2) is 67.0 Å². The van der Waals surface area contributed by atoms with Gasteiger partial charge in [-0.2, -0.15) is 0 Å². The number of nitrogens with zero attached hydrogens (tertiary/aromatic N) is 2. The maximum Gasteiger partial charge on any atom is 0.407 e. The molecular weight excluding hydrogens is 400 g/mol. The van der Waals surface area contributed by atoms with Crippen molar-refractivity contribution in [3.05, 3.63) is 99.4 Å². The third-order valence-corrected chi connectivity index (χ3v) is 4.41. The predicted octanol–water partition coefficient (Wildman–Crippen LogP) is 3.98. The molecule has 0 saturated heterocycles. The zero-order valence-electron chi connectivity index (χ0n) is 16.7. The Morgan fingerprint density at radius 1 is 1.06 bits per heavy atom. The Morgan fingerprint density at radius 3 is 2.52 bits per heavy atom. The lowest BCUT2D eigenvalue weighted by Crippen LogP contribution is -2.23. The number of aryl methyl sites for hydroxylation is 1. The van der Waals surface area contributed by atoms with E-state index in [2.05, 4.69) is 15.6 Å². The maximum atomic E-state index is 12.5. The number of anilines is 1. The van der Waals surface area contributed by atoms with Crippen LogP contribution in [0.5, 0.6) is 0 Å². The van der Waals surface area contributed by atoms with Crippen LogP contribution in [-0.2, 0) is 17.9 Å². The van der Waals surface area contributed by atoms with Gasteiger partial charge in [0.05, 0.1) is 4.92 Å². The molecule has 9 heteroatoms. The molecule has 158 valence electrons. The highest BCUT2D eigenvalue weighted by Crippen LogP contribution is 2.28. The number of ether oxygens (including phenoxy) is 1. The summed E-state index contributed by atoms with van der Waals surface area (Å²) >= 11 is 0. The normalized spacial score (nSPS) is 10.2. The van der Waals surface area contributed by atoms with E-state index in [-0.39, 0.29) is 24.5 Å². The quantitative estimate of drug-likeness (QED) is 0.440. The lowest BCUT2D eigenvalue weighted by Gasteiger charge is -2.09. The minimum absolute atomic E-state index is 0.115. The zero-order chi connectivity index (χ0) is 22.2. The van der Waals surface area contributed by atoms with Gasteiger partial charge in [-0.1, -0.05) is 30.3 Å². The van der Waals surface area contributed by atoms with Gasteiger partial charge in [-0.15, -0.1) is 0 Å². The number of hydrogen-bond donors (Lipinski definition) is 2. The van der Waals surface area contributed by atoms with Crippen LogP contribution in [0.4, 0.5) is 16.2 Å². The summed E-state index contributed by atoms with van der Waals surface area (Å²) < 4.78 is 5.11. The number of rotatable bonds is 7. The Kier molecular flexibility index (Phi) is 6.89. The maximum absolute atomic E-state index is 12.5. The number of hydrogen-bond acceptors (Lipinski definition) is 6. The zero-order valence-corrected chi connectivity index (χ0v) is 16.7. The first kappa shape index (κ1) is 21.4. The van der Waals surface area contributed by atoms with Crippen LogP contribution in [0.25, 0.3) is 0 Å². The van der Waals surface area contributed by atoms with E-state index >= 15 is 0 Å². The van der Waals surface area contributed by atoms with Crippen molar-refractivity contribution in [2.75, 3.05) is 5.32 Å². The summed E-state index contributed by atoms with van der Waals surface area (Å²) in [6.45, 7) is 1.94. The molecule has 0 bridgehead atoms. The van der Waals surface area contributed by atoms with Crippen molar-refractivity contribution < 1.29 is 19.2 Å². The van der Waals surface area contributed by atoms with Crippen molar-refractivity contribution in [3.63, 3.8) is 0 Å². The average molecular weight is 420 g/mol. The van der Waals surface area contributed by atoms with E-state index < -0.39 is 16.9 Å². The third kappa shape index (κ3) is 5.86. The van der Waals surface area contributed by atoms with Crippen molar-refractivity contribution in [2.24, 2.45) is 0 Å². The molecular formula is C22H20N4O5. The molecule has 3 aromatic rings. The minimum atomic E-state index is -0.572. The molecule has 0 spiro atoms. The number of nitrogens with one attached hydrogen (secondary N) is 2. The largest absolute Gasteiger partial charge is 0.445 e. The van der Waals surface area contributed by atoms with E-state index in [1.807, 2.05) is 0 Å². The molecule has 9 nitrogen and oxygen atoms in total. The lowest BCUT2D eigenvalue weighted by atomic mass is 10.1. The van der Waals surface area contributed by atoms with Gasteiger partial charge in [-0.05, 0) is 36.8 Å². The van der Waals surface area contributed by atoms with Crippen LogP contribution in [-0.4, -0.2) is 21.9 Å². The van der Waals surface area contributed by atoms with Gasteiger partial charge in [0, 0.05) is 35.6 Å². The fourth-order valence-corrected chi connectivity index (χ4v) is 2.83. The summed E-state index contributed by atoms with van der Waals surface area (Å²) in [7, 11) is 0. The standard InChI is InChI=1S/C22H20N4O5/c1-15-4-2-6-19(20(15)26(29)30)25-21(27)18-9-7-16(8-10-18)13-24-22(28)31-14-17-5-3-11-23-12-17/h2-12H,13-14H2,1H3,(H,24,28)(H,25,27). The van der Waals surface area contributed by atoms with Gasteiger partial charge in [-0.3, -0.25) is 19.9 Å². The number of aromatic nitrogens is 1. The second kappa shape index (κ2) is 9.97.